The molecule has 8 nitrogen and oxygen atoms in total. The fourth-order valence-electron chi connectivity index (χ4n) is 3.37. The lowest BCUT2D eigenvalue weighted by Crippen LogP contribution is -2.22. The largest absolute Gasteiger partial charge is 0.417 e. The van der Waals surface area contributed by atoms with Crippen molar-refractivity contribution in [1.82, 2.24) is 24.6 Å². The Bertz CT molecular complexity index is 1530. The molecule has 1 fully saturated rings. The molecule has 0 radical (unpaired) electrons. The van der Waals surface area contributed by atoms with Gasteiger partial charge in [0.05, 0.1) is 27.5 Å². The number of halogens is 4. The summed E-state index contributed by atoms with van der Waals surface area (Å²) in [4.78, 5) is 21.3. The first kappa shape index (κ1) is 21.1. The normalized spacial score (nSPS) is 14.7. The second-order valence-electron chi connectivity index (χ2n) is 7.71. The number of benzene rings is 1. The predicted octanol–water partition coefficient (Wildman–Crippen LogP) is 2.97. The predicted molar refractivity (Wildman–Crippen MR) is 119 cm³/mol. The van der Waals surface area contributed by atoms with Crippen LogP contribution in [-0.2, 0) is 6.18 Å². The maximum atomic E-state index is 13.3. The van der Waals surface area contributed by atoms with Gasteiger partial charge in [-0.1, -0.05) is 18.2 Å². The fraction of sp³-hybridized carbons (Fsp3) is 0.190. The number of alkyl halides is 3. The van der Waals surface area contributed by atoms with Crippen LogP contribution in [0, 0.1) is 0 Å². The molecule has 5 rings (SSSR count). The maximum Gasteiger partial charge on any atom is 0.417 e. The molecule has 0 atom stereocenters. The number of anilines is 3. The quantitative estimate of drug-likeness (QED) is 0.355. The summed E-state index contributed by atoms with van der Waals surface area (Å²) in [5.74, 6) is 0.945. The molecule has 33 heavy (non-hydrogen) atoms. The standard InChI is InChI=1S/C21H17ClF3N7O/c1-10-16(30-20(33)27-10)6-11-9-26-32-18(29-12-2-3-12)8-17(31-19(11)32)28-13-4-5-15(22)14(7-13)21(23,24)25/h4-9,12,29H,1-3H2,(H,28,31)(H2,27,30,33)/b16-6-. The van der Waals surface area contributed by atoms with E-state index in [9.17, 15) is 18.0 Å². The molecule has 4 aromatic rings. The number of imidazole rings is 1. The van der Waals surface area contributed by atoms with Crippen LogP contribution in [-0.4, -0.2) is 30.6 Å². The molecule has 4 N–H and O–H groups in total. The maximum absolute atomic E-state index is 13.3. The zero-order valence-corrected chi connectivity index (χ0v) is 17.7. The summed E-state index contributed by atoms with van der Waals surface area (Å²) in [6.45, 7) is 3.78. The Labute approximate surface area is 188 Å². The summed E-state index contributed by atoms with van der Waals surface area (Å²) in [5.41, 5.74) is -0.123. The second-order valence-corrected chi connectivity index (χ2v) is 8.12. The van der Waals surface area contributed by atoms with Gasteiger partial charge in [0.1, 0.15) is 11.6 Å². The molecule has 0 unspecified atom stereocenters. The molecule has 1 saturated carbocycles. The number of aromatic nitrogens is 5. The fourth-order valence-corrected chi connectivity index (χ4v) is 3.59. The van der Waals surface area contributed by atoms with E-state index in [1.807, 2.05) is 0 Å². The highest BCUT2D eigenvalue weighted by atomic mass is 35.5. The number of rotatable bonds is 5. The van der Waals surface area contributed by atoms with Gasteiger partial charge in [-0.2, -0.15) is 22.8 Å². The van der Waals surface area contributed by atoms with Gasteiger partial charge in [0.25, 0.3) is 0 Å². The smallest absolute Gasteiger partial charge is 0.367 e. The minimum Gasteiger partial charge on any atom is -0.367 e. The highest BCUT2D eigenvalue weighted by molar-refractivity contribution is 6.31. The highest BCUT2D eigenvalue weighted by Crippen LogP contribution is 2.37. The Morgan fingerprint density at radius 3 is 2.70 bits per heavy atom. The minimum absolute atomic E-state index is 0.181. The van der Waals surface area contributed by atoms with Crippen molar-refractivity contribution in [3.05, 3.63) is 67.8 Å². The Morgan fingerprint density at radius 2 is 2.03 bits per heavy atom. The molecule has 170 valence electrons. The van der Waals surface area contributed by atoms with Crippen molar-refractivity contribution in [3.63, 3.8) is 0 Å². The number of hydrogen-bond acceptors (Lipinski definition) is 5. The number of aromatic amines is 2. The van der Waals surface area contributed by atoms with E-state index in [2.05, 4.69) is 37.3 Å². The molecule has 3 heterocycles. The van der Waals surface area contributed by atoms with Crippen LogP contribution in [0.25, 0.3) is 18.3 Å². The summed E-state index contributed by atoms with van der Waals surface area (Å²) >= 11 is 5.73. The molecular formula is C21H17ClF3N7O. The third-order valence-electron chi connectivity index (χ3n) is 5.11. The van der Waals surface area contributed by atoms with E-state index in [1.165, 1.54) is 12.1 Å². The first-order chi connectivity index (χ1) is 15.7. The lowest BCUT2D eigenvalue weighted by Gasteiger charge is -2.14. The number of fused-ring (bicyclic) bond motifs is 1. The third kappa shape index (κ3) is 4.31. The zero-order chi connectivity index (χ0) is 23.3. The summed E-state index contributed by atoms with van der Waals surface area (Å²) in [6.07, 6.45) is 0.684. The minimum atomic E-state index is -4.59. The number of H-pyrrole nitrogens is 2. The monoisotopic (exact) mass is 475 g/mol. The van der Waals surface area contributed by atoms with Crippen LogP contribution < -0.4 is 27.0 Å². The van der Waals surface area contributed by atoms with E-state index in [-0.39, 0.29) is 10.7 Å². The molecule has 1 aliphatic carbocycles. The molecule has 1 aromatic carbocycles. The zero-order valence-electron chi connectivity index (χ0n) is 16.9. The Hall–Kier alpha value is -3.73. The van der Waals surface area contributed by atoms with Crippen molar-refractivity contribution in [1.29, 1.82) is 0 Å². The SMILES string of the molecule is C=c1[nH]c(=O)[nH]/c1=C\c1cnn2c(NC3CC3)cc(Nc3ccc(Cl)c(C(F)(F)F)c3)nc12. The van der Waals surface area contributed by atoms with Gasteiger partial charge < -0.3 is 20.6 Å². The Balaban J connectivity index is 1.61. The molecule has 12 heteroatoms. The van der Waals surface area contributed by atoms with Crippen molar-refractivity contribution in [3.8, 4) is 0 Å². The van der Waals surface area contributed by atoms with Gasteiger partial charge in [-0.15, -0.1) is 0 Å². The average Bonchev–Trinajstić information content (AvgIpc) is 3.37. The Kier molecular flexibility index (Phi) is 4.93. The van der Waals surface area contributed by atoms with Gasteiger partial charge in [0.15, 0.2) is 5.65 Å². The molecule has 0 amide bonds. The van der Waals surface area contributed by atoms with Crippen molar-refractivity contribution >= 4 is 47.2 Å². The van der Waals surface area contributed by atoms with E-state index in [0.29, 0.717) is 39.6 Å². The number of nitrogens with zero attached hydrogens (tertiary/aromatic N) is 3. The first-order valence-electron chi connectivity index (χ1n) is 9.95. The summed E-state index contributed by atoms with van der Waals surface area (Å²) in [7, 11) is 0. The molecule has 3 aromatic heterocycles. The number of hydrogen-bond donors (Lipinski definition) is 4. The van der Waals surface area contributed by atoms with E-state index < -0.39 is 17.4 Å². The van der Waals surface area contributed by atoms with E-state index in [1.54, 1.807) is 22.9 Å². The molecule has 0 spiro atoms. The van der Waals surface area contributed by atoms with Gasteiger partial charge >= 0.3 is 11.9 Å². The topological polar surface area (TPSA) is 103 Å². The number of nitrogens with one attached hydrogen (secondary N) is 4. The van der Waals surface area contributed by atoms with Crippen LogP contribution in [0.15, 0.2) is 35.3 Å². The van der Waals surface area contributed by atoms with Gasteiger partial charge in [0, 0.05) is 23.4 Å². The van der Waals surface area contributed by atoms with Crippen molar-refractivity contribution in [2.75, 3.05) is 10.6 Å². The lowest BCUT2D eigenvalue weighted by molar-refractivity contribution is -0.137. The van der Waals surface area contributed by atoms with E-state index >= 15 is 0 Å². The van der Waals surface area contributed by atoms with Crippen LogP contribution in [0.1, 0.15) is 24.0 Å². The van der Waals surface area contributed by atoms with Gasteiger partial charge in [-0.3, -0.25) is 0 Å². The lowest BCUT2D eigenvalue weighted by atomic mass is 10.2. The summed E-state index contributed by atoms with van der Waals surface area (Å²) in [5, 5.41) is 11.2. The molecule has 0 aliphatic heterocycles. The second kappa shape index (κ2) is 7.69. The molecular weight excluding hydrogens is 459 g/mol. The van der Waals surface area contributed by atoms with Crippen molar-refractivity contribution in [2.24, 2.45) is 0 Å². The molecule has 1 aliphatic rings. The van der Waals surface area contributed by atoms with Crippen LogP contribution in [0.2, 0.25) is 5.02 Å². The van der Waals surface area contributed by atoms with Crippen LogP contribution in [0.5, 0.6) is 0 Å². The Morgan fingerprint density at radius 1 is 1.24 bits per heavy atom. The molecule has 0 saturated heterocycles. The van der Waals surface area contributed by atoms with Crippen LogP contribution in [0.4, 0.5) is 30.5 Å². The molecule has 0 bridgehead atoms. The van der Waals surface area contributed by atoms with Crippen LogP contribution in [0.3, 0.4) is 0 Å². The van der Waals surface area contributed by atoms with E-state index in [4.69, 9.17) is 11.6 Å². The average molecular weight is 476 g/mol. The summed E-state index contributed by atoms with van der Waals surface area (Å²) in [6, 6.07) is 5.53. The van der Waals surface area contributed by atoms with E-state index in [0.717, 1.165) is 18.9 Å². The van der Waals surface area contributed by atoms with Crippen molar-refractivity contribution in [2.45, 2.75) is 25.1 Å². The van der Waals surface area contributed by atoms with Gasteiger partial charge in [-0.25, -0.2) is 9.78 Å². The van der Waals surface area contributed by atoms with Gasteiger partial charge in [0.2, 0.25) is 0 Å². The third-order valence-corrected chi connectivity index (χ3v) is 5.44. The van der Waals surface area contributed by atoms with Crippen LogP contribution >= 0.6 is 11.6 Å². The highest BCUT2D eigenvalue weighted by Gasteiger charge is 2.33. The van der Waals surface area contributed by atoms with Crippen molar-refractivity contribution < 1.29 is 13.2 Å². The first-order valence-corrected chi connectivity index (χ1v) is 10.3. The van der Waals surface area contributed by atoms with Gasteiger partial charge in [-0.05, 0) is 37.1 Å². The summed E-state index contributed by atoms with van der Waals surface area (Å²) < 4.78 is 41.4.